The van der Waals surface area contributed by atoms with Crippen molar-refractivity contribution < 1.29 is 9.15 Å². The number of furan rings is 1. The molecule has 19 heavy (non-hydrogen) atoms. The lowest BCUT2D eigenvalue weighted by atomic mass is 10.1. The minimum atomic E-state index is 0.320. The summed E-state index contributed by atoms with van der Waals surface area (Å²) in [6.07, 6.45) is 2.11. The molecule has 2 heterocycles. The molecule has 0 saturated carbocycles. The van der Waals surface area contributed by atoms with Crippen molar-refractivity contribution in [3.05, 3.63) is 23.7 Å². The van der Waals surface area contributed by atoms with E-state index in [1.807, 2.05) is 0 Å². The van der Waals surface area contributed by atoms with Crippen LogP contribution in [0.2, 0.25) is 0 Å². The number of rotatable bonds is 5. The monoisotopic (exact) mass is 266 g/mol. The van der Waals surface area contributed by atoms with Crippen LogP contribution in [0.15, 0.2) is 16.7 Å². The second kappa shape index (κ2) is 6.55. The molecule has 4 heteroatoms. The summed E-state index contributed by atoms with van der Waals surface area (Å²) < 4.78 is 11.3. The summed E-state index contributed by atoms with van der Waals surface area (Å²) in [5, 5.41) is 3.41. The van der Waals surface area contributed by atoms with Gasteiger partial charge in [0.1, 0.15) is 5.76 Å². The van der Waals surface area contributed by atoms with Crippen molar-refractivity contribution >= 4 is 0 Å². The first-order valence-electron chi connectivity index (χ1n) is 7.20. The standard InChI is InChI=1S/C15H26N2O2/c1-11(2)16-7-15-14(5-6-18-15)9-17-8-13(4)19-10-12(17)3/h5-6,11-13,16H,7-10H2,1-4H3. The van der Waals surface area contributed by atoms with Crippen LogP contribution in [0.25, 0.3) is 0 Å². The first kappa shape index (κ1) is 14.6. The van der Waals surface area contributed by atoms with Crippen LogP contribution in [0.1, 0.15) is 39.0 Å². The molecule has 2 unspecified atom stereocenters. The first-order chi connectivity index (χ1) is 9.06. The molecule has 1 N–H and O–H groups in total. The van der Waals surface area contributed by atoms with Gasteiger partial charge in [0.05, 0.1) is 25.5 Å². The Morgan fingerprint density at radius 2 is 2.21 bits per heavy atom. The molecular formula is C15H26N2O2. The summed E-state index contributed by atoms with van der Waals surface area (Å²) in [5.41, 5.74) is 1.29. The van der Waals surface area contributed by atoms with Gasteiger partial charge in [-0.05, 0) is 19.9 Å². The molecule has 2 rings (SSSR count). The van der Waals surface area contributed by atoms with E-state index in [-0.39, 0.29) is 0 Å². The van der Waals surface area contributed by atoms with Crippen LogP contribution in [0, 0.1) is 0 Å². The van der Waals surface area contributed by atoms with Gasteiger partial charge in [-0.3, -0.25) is 4.90 Å². The molecule has 0 spiro atoms. The van der Waals surface area contributed by atoms with E-state index in [1.165, 1.54) is 5.56 Å². The van der Waals surface area contributed by atoms with E-state index in [4.69, 9.17) is 9.15 Å². The fourth-order valence-electron chi connectivity index (χ4n) is 2.37. The maximum absolute atomic E-state index is 5.67. The lowest BCUT2D eigenvalue weighted by Crippen LogP contribution is -2.46. The Bertz CT molecular complexity index is 389. The van der Waals surface area contributed by atoms with Gasteiger partial charge in [-0.15, -0.1) is 0 Å². The zero-order chi connectivity index (χ0) is 13.8. The minimum Gasteiger partial charge on any atom is -0.468 e. The number of hydrogen-bond donors (Lipinski definition) is 1. The van der Waals surface area contributed by atoms with E-state index < -0.39 is 0 Å². The van der Waals surface area contributed by atoms with E-state index in [0.717, 1.165) is 32.0 Å². The molecule has 2 atom stereocenters. The Balaban J connectivity index is 1.96. The second-order valence-corrected chi connectivity index (χ2v) is 5.83. The number of nitrogens with one attached hydrogen (secondary N) is 1. The zero-order valence-corrected chi connectivity index (χ0v) is 12.5. The highest BCUT2D eigenvalue weighted by molar-refractivity contribution is 5.17. The van der Waals surface area contributed by atoms with Crippen LogP contribution in [-0.4, -0.2) is 36.2 Å². The molecule has 108 valence electrons. The number of nitrogens with zero attached hydrogens (tertiary/aromatic N) is 1. The molecule has 0 amide bonds. The van der Waals surface area contributed by atoms with Crippen LogP contribution >= 0.6 is 0 Å². The van der Waals surface area contributed by atoms with E-state index in [2.05, 4.69) is 44.0 Å². The number of morpholine rings is 1. The third-order valence-corrected chi connectivity index (χ3v) is 3.62. The number of hydrogen-bond acceptors (Lipinski definition) is 4. The fraction of sp³-hybridized carbons (Fsp3) is 0.733. The van der Waals surface area contributed by atoms with E-state index >= 15 is 0 Å². The van der Waals surface area contributed by atoms with Gasteiger partial charge in [0.2, 0.25) is 0 Å². The largest absolute Gasteiger partial charge is 0.468 e. The third-order valence-electron chi connectivity index (χ3n) is 3.62. The summed E-state index contributed by atoms with van der Waals surface area (Å²) in [5.74, 6) is 1.06. The Labute approximate surface area is 116 Å². The van der Waals surface area contributed by atoms with E-state index in [0.29, 0.717) is 18.2 Å². The van der Waals surface area contributed by atoms with Crippen LogP contribution in [0.3, 0.4) is 0 Å². The molecular weight excluding hydrogens is 240 g/mol. The topological polar surface area (TPSA) is 37.6 Å². The summed E-state index contributed by atoms with van der Waals surface area (Å²) >= 11 is 0. The molecule has 0 aliphatic carbocycles. The van der Waals surface area contributed by atoms with E-state index in [1.54, 1.807) is 6.26 Å². The molecule has 1 saturated heterocycles. The van der Waals surface area contributed by atoms with Crippen molar-refractivity contribution in [2.75, 3.05) is 13.2 Å². The lowest BCUT2D eigenvalue weighted by molar-refractivity contribution is -0.0528. The summed E-state index contributed by atoms with van der Waals surface area (Å²) in [7, 11) is 0. The van der Waals surface area contributed by atoms with Gasteiger partial charge in [-0.2, -0.15) is 0 Å². The molecule has 1 fully saturated rings. The molecule has 1 aromatic rings. The summed E-state index contributed by atoms with van der Waals surface area (Å²) in [6.45, 7) is 12.2. The van der Waals surface area contributed by atoms with Gasteiger partial charge in [-0.1, -0.05) is 13.8 Å². The van der Waals surface area contributed by atoms with Gasteiger partial charge in [0, 0.05) is 30.7 Å². The molecule has 1 aromatic heterocycles. The maximum Gasteiger partial charge on any atom is 0.122 e. The quantitative estimate of drug-likeness (QED) is 0.888. The number of ether oxygens (including phenoxy) is 1. The first-order valence-corrected chi connectivity index (χ1v) is 7.20. The summed E-state index contributed by atoms with van der Waals surface area (Å²) in [4.78, 5) is 2.47. The molecule has 0 radical (unpaired) electrons. The highest BCUT2D eigenvalue weighted by Crippen LogP contribution is 2.18. The van der Waals surface area contributed by atoms with Crippen molar-refractivity contribution in [1.82, 2.24) is 10.2 Å². The van der Waals surface area contributed by atoms with Gasteiger partial charge in [0.25, 0.3) is 0 Å². The molecule has 1 aliphatic heterocycles. The third kappa shape index (κ3) is 4.06. The van der Waals surface area contributed by atoms with Crippen molar-refractivity contribution in [1.29, 1.82) is 0 Å². The highest BCUT2D eigenvalue weighted by atomic mass is 16.5. The summed E-state index contributed by atoms with van der Waals surface area (Å²) in [6, 6.07) is 3.03. The second-order valence-electron chi connectivity index (χ2n) is 5.83. The predicted octanol–water partition coefficient (Wildman–Crippen LogP) is 2.39. The van der Waals surface area contributed by atoms with Gasteiger partial charge >= 0.3 is 0 Å². The molecule has 4 nitrogen and oxygen atoms in total. The van der Waals surface area contributed by atoms with E-state index in [9.17, 15) is 0 Å². The van der Waals surface area contributed by atoms with Crippen molar-refractivity contribution in [3.8, 4) is 0 Å². The van der Waals surface area contributed by atoms with Crippen LogP contribution in [-0.2, 0) is 17.8 Å². The van der Waals surface area contributed by atoms with Gasteiger partial charge < -0.3 is 14.5 Å². The molecule has 1 aliphatic rings. The SMILES string of the molecule is CC(C)NCc1occc1CN1CC(C)OCC1C. The normalized spacial score (nSPS) is 25.1. The van der Waals surface area contributed by atoms with Crippen LogP contribution < -0.4 is 5.32 Å². The Kier molecular flexibility index (Phi) is 5.02. The van der Waals surface area contributed by atoms with Crippen LogP contribution in [0.4, 0.5) is 0 Å². The average molecular weight is 266 g/mol. The van der Waals surface area contributed by atoms with Gasteiger partial charge in [0.15, 0.2) is 0 Å². The lowest BCUT2D eigenvalue weighted by Gasteiger charge is -2.36. The average Bonchev–Trinajstić information content (AvgIpc) is 2.79. The van der Waals surface area contributed by atoms with Crippen molar-refractivity contribution in [3.63, 3.8) is 0 Å². The smallest absolute Gasteiger partial charge is 0.122 e. The Morgan fingerprint density at radius 1 is 1.42 bits per heavy atom. The zero-order valence-electron chi connectivity index (χ0n) is 12.5. The molecule has 0 aromatic carbocycles. The Morgan fingerprint density at radius 3 is 2.95 bits per heavy atom. The molecule has 0 bridgehead atoms. The fourth-order valence-corrected chi connectivity index (χ4v) is 2.37. The highest BCUT2D eigenvalue weighted by Gasteiger charge is 2.24. The van der Waals surface area contributed by atoms with Crippen LogP contribution in [0.5, 0.6) is 0 Å². The Hall–Kier alpha value is -0.840. The maximum atomic E-state index is 5.67. The van der Waals surface area contributed by atoms with Crippen molar-refractivity contribution in [2.24, 2.45) is 0 Å². The predicted molar refractivity (Wildman–Crippen MR) is 76.0 cm³/mol. The van der Waals surface area contributed by atoms with Gasteiger partial charge in [-0.25, -0.2) is 0 Å². The minimum absolute atomic E-state index is 0.320. The van der Waals surface area contributed by atoms with Crippen molar-refractivity contribution in [2.45, 2.75) is 59.0 Å².